The molecule has 1 N–H and O–H groups in total. The van der Waals surface area contributed by atoms with Crippen LogP contribution in [0.4, 0.5) is 0 Å². The van der Waals surface area contributed by atoms with Gasteiger partial charge in [-0.2, -0.15) is 0 Å². The van der Waals surface area contributed by atoms with Crippen molar-refractivity contribution in [2.45, 2.75) is 0 Å². The van der Waals surface area contributed by atoms with Crippen molar-refractivity contribution in [1.29, 1.82) is 0 Å². The van der Waals surface area contributed by atoms with Crippen molar-refractivity contribution in [3.63, 3.8) is 0 Å². The van der Waals surface area contributed by atoms with Gasteiger partial charge in [0.1, 0.15) is 0 Å². The summed E-state index contributed by atoms with van der Waals surface area (Å²) < 4.78 is 0. The molecule has 0 fully saturated rings. The zero-order valence-corrected chi connectivity index (χ0v) is 15.7. The molecule has 4 aromatic rings. The first kappa shape index (κ1) is 17.5. The van der Waals surface area contributed by atoms with E-state index in [1.165, 1.54) is 0 Å². The summed E-state index contributed by atoms with van der Waals surface area (Å²) in [5, 5.41) is 2.37. The van der Waals surface area contributed by atoms with Crippen LogP contribution in [0, 0.1) is 0 Å². The predicted octanol–water partition coefficient (Wildman–Crippen LogP) is 6.61. The number of hydrogen-bond donors (Lipinski definition) is 1. The lowest BCUT2D eigenvalue weighted by atomic mass is 10.1. The fourth-order valence-electron chi connectivity index (χ4n) is 2.88. The average Bonchev–Trinajstić information content (AvgIpc) is 3.04. The fourth-order valence-corrected chi connectivity index (χ4v) is 3.25. The molecule has 0 radical (unpaired) electrons. The van der Waals surface area contributed by atoms with Crippen LogP contribution >= 0.6 is 23.2 Å². The number of halogens is 2. The lowest BCUT2D eigenvalue weighted by molar-refractivity contribution is 1.32. The molecule has 0 atom stereocenters. The smallest absolute Gasteiger partial charge is 0.0661 e. The summed E-state index contributed by atoms with van der Waals surface area (Å²) in [6, 6.07) is 12.0. The molecule has 0 spiro atoms. The summed E-state index contributed by atoms with van der Waals surface area (Å²) >= 11 is 12.4. The Labute approximate surface area is 167 Å². The summed E-state index contributed by atoms with van der Waals surface area (Å²) in [4.78, 5) is 11.5. The molecule has 3 nitrogen and oxygen atoms in total. The van der Waals surface area contributed by atoms with Crippen molar-refractivity contribution >= 4 is 58.4 Å². The Morgan fingerprint density at radius 2 is 1.37 bits per heavy atom. The third-order valence-corrected chi connectivity index (χ3v) is 4.88. The molecule has 0 saturated heterocycles. The van der Waals surface area contributed by atoms with E-state index in [0.717, 1.165) is 33.3 Å². The van der Waals surface area contributed by atoms with Crippen LogP contribution in [-0.4, -0.2) is 15.0 Å². The number of nitrogens with zero attached hydrogens (tertiary/aromatic N) is 2. The SMILES string of the molecule is Clc1cnccc1/C=C/c1[nH]c2ccccc2c1/C=C/c1ccncc1Cl. The van der Waals surface area contributed by atoms with Gasteiger partial charge in [-0.1, -0.05) is 59.6 Å². The van der Waals surface area contributed by atoms with Gasteiger partial charge >= 0.3 is 0 Å². The van der Waals surface area contributed by atoms with Gasteiger partial charge in [0.05, 0.1) is 10.0 Å². The monoisotopic (exact) mass is 391 g/mol. The highest BCUT2D eigenvalue weighted by Gasteiger charge is 2.07. The first-order valence-corrected chi connectivity index (χ1v) is 9.14. The van der Waals surface area contributed by atoms with Crippen molar-refractivity contribution in [3.8, 4) is 0 Å². The number of fused-ring (bicyclic) bond motifs is 1. The molecule has 4 rings (SSSR count). The second kappa shape index (κ2) is 7.78. The van der Waals surface area contributed by atoms with E-state index in [1.54, 1.807) is 24.8 Å². The standard InChI is InChI=1S/C22H15Cl2N3/c23-19-13-25-11-9-15(19)5-7-18-17-3-1-2-4-21(17)27-22(18)8-6-16-10-12-26-14-20(16)24/h1-14,27H/b7-5+,8-6+. The molecule has 0 aliphatic carbocycles. The highest BCUT2D eigenvalue weighted by molar-refractivity contribution is 6.32. The van der Waals surface area contributed by atoms with Crippen LogP contribution in [0.2, 0.25) is 10.0 Å². The minimum absolute atomic E-state index is 0.616. The van der Waals surface area contributed by atoms with E-state index in [1.807, 2.05) is 42.5 Å². The number of hydrogen-bond acceptors (Lipinski definition) is 2. The quantitative estimate of drug-likeness (QED) is 0.425. The predicted molar refractivity (Wildman–Crippen MR) is 115 cm³/mol. The fraction of sp³-hybridized carbons (Fsp3) is 0. The minimum Gasteiger partial charge on any atom is -0.355 e. The molecule has 0 aliphatic heterocycles. The first-order valence-electron chi connectivity index (χ1n) is 8.38. The van der Waals surface area contributed by atoms with Crippen LogP contribution in [0.3, 0.4) is 0 Å². The van der Waals surface area contributed by atoms with Crippen molar-refractivity contribution in [2.24, 2.45) is 0 Å². The molecule has 27 heavy (non-hydrogen) atoms. The van der Waals surface area contributed by atoms with Crippen molar-refractivity contribution in [3.05, 3.63) is 93.6 Å². The van der Waals surface area contributed by atoms with Gasteiger partial charge in [-0.15, -0.1) is 0 Å². The van der Waals surface area contributed by atoms with Gasteiger partial charge in [0, 0.05) is 46.9 Å². The van der Waals surface area contributed by atoms with E-state index in [9.17, 15) is 0 Å². The van der Waals surface area contributed by atoms with E-state index in [0.29, 0.717) is 10.0 Å². The number of para-hydroxylation sites is 1. The van der Waals surface area contributed by atoms with Gasteiger partial charge in [0.25, 0.3) is 0 Å². The third kappa shape index (κ3) is 3.80. The van der Waals surface area contributed by atoms with Gasteiger partial charge in [-0.05, 0) is 35.4 Å². The molecule has 0 bridgehead atoms. The summed E-state index contributed by atoms with van der Waals surface area (Å²) in [7, 11) is 0. The van der Waals surface area contributed by atoms with Crippen molar-refractivity contribution < 1.29 is 0 Å². The lowest BCUT2D eigenvalue weighted by Gasteiger charge is -1.99. The Bertz CT molecular complexity index is 1160. The van der Waals surface area contributed by atoms with Gasteiger partial charge in [-0.25, -0.2) is 0 Å². The Hall–Kier alpha value is -2.88. The van der Waals surface area contributed by atoms with E-state index in [-0.39, 0.29) is 0 Å². The largest absolute Gasteiger partial charge is 0.355 e. The van der Waals surface area contributed by atoms with Crippen molar-refractivity contribution in [1.82, 2.24) is 15.0 Å². The molecule has 1 aromatic carbocycles. The van der Waals surface area contributed by atoms with Gasteiger partial charge in [-0.3, -0.25) is 9.97 Å². The molecule has 0 amide bonds. The highest BCUT2D eigenvalue weighted by atomic mass is 35.5. The Balaban J connectivity index is 1.78. The van der Waals surface area contributed by atoms with Crippen LogP contribution in [0.1, 0.15) is 22.4 Å². The normalized spacial score (nSPS) is 11.8. The zero-order valence-electron chi connectivity index (χ0n) is 14.2. The first-order chi connectivity index (χ1) is 13.2. The zero-order chi connectivity index (χ0) is 18.6. The van der Waals surface area contributed by atoms with E-state index < -0.39 is 0 Å². The van der Waals surface area contributed by atoms with Crippen molar-refractivity contribution in [2.75, 3.05) is 0 Å². The highest BCUT2D eigenvalue weighted by Crippen LogP contribution is 2.27. The number of pyridine rings is 2. The van der Waals surface area contributed by atoms with Gasteiger partial charge in [0.2, 0.25) is 0 Å². The Morgan fingerprint density at radius 1 is 0.741 bits per heavy atom. The molecular weight excluding hydrogens is 377 g/mol. The Morgan fingerprint density at radius 3 is 2.04 bits per heavy atom. The second-order valence-corrected chi connectivity index (χ2v) is 6.77. The number of nitrogens with one attached hydrogen (secondary N) is 1. The number of aromatic nitrogens is 3. The topological polar surface area (TPSA) is 41.6 Å². The molecule has 132 valence electrons. The van der Waals surface area contributed by atoms with Crippen LogP contribution in [0.15, 0.2) is 61.2 Å². The molecule has 3 aromatic heterocycles. The third-order valence-electron chi connectivity index (χ3n) is 4.24. The Kier molecular flexibility index (Phi) is 5.05. The summed E-state index contributed by atoms with van der Waals surface area (Å²) in [6.07, 6.45) is 14.8. The molecular formula is C22H15Cl2N3. The van der Waals surface area contributed by atoms with Crippen LogP contribution in [0.5, 0.6) is 0 Å². The number of aromatic amines is 1. The van der Waals surface area contributed by atoms with E-state index in [4.69, 9.17) is 23.2 Å². The van der Waals surface area contributed by atoms with E-state index >= 15 is 0 Å². The molecule has 0 saturated carbocycles. The molecule has 0 aliphatic rings. The summed E-state index contributed by atoms with van der Waals surface area (Å²) in [5.41, 5.74) is 4.98. The van der Waals surface area contributed by atoms with E-state index in [2.05, 4.69) is 33.2 Å². The molecule has 5 heteroatoms. The molecule has 0 unspecified atom stereocenters. The number of benzene rings is 1. The van der Waals surface area contributed by atoms with Gasteiger partial charge in [0.15, 0.2) is 0 Å². The maximum Gasteiger partial charge on any atom is 0.0661 e. The maximum absolute atomic E-state index is 6.22. The van der Waals surface area contributed by atoms with Crippen LogP contribution < -0.4 is 0 Å². The van der Waals surface area contributed by atoms with Crippen LogP contribution in [0.25, 0.3) is 35.2 Å². The molecule has 3 heterocycles. The van der Waals surface area contributed by atoms with Gasteiger partial charge < -0.3 is 4.98 Å². The minimum atomic E-state index is 0.616. The number of rotatable bonds is 4. The maximum atomic E-state index is 6.22. The summed E-state index contributed by atoms with van der Waals surface area (Å²) in [6.45, 7) is 0. The average molecular weight is 392 g/mol. The second-order valence-electron chi connectivity index (χ2n) is 5.96. The summed E-state index contributed by atoms with van der Waals surface area (Å²) in [5.74, 6) is 0. The lowest BCUT2D eigenvalue weighted by Crippen LogP contribution is -1.80. The van der Waals surface area contributed by atoms with Crippen LogP contribution in [-0.2, 0) is 0 Å². The number of H-pyrrole nitrogens is 1.